The SMILES string of the molecule is CCC(CC)(CC)C(O)CO. The lowest BCUT2D eigenvalue weighted by Crippen LogP contribution is -2.36. The van der Waals surface area contributed by atoms with Crippen LogP contribution in [0.4, 0.5) is 0 Å². The molecule has 2 nitrogen and oxygen atoms in total. The van der Waals surface area contributed by atoms with Gasteiger partial charge >= 0.3 is 0 Å². The Bertz CT molecular complexity index is 89.5. The second kappa shape index (κ2) is 4.73. The molecule has 0 saturated heterocycles. The van der Waals surface area contributed by atoms with E-state index in [2.05, 4.69) is 20.8 Å². The molecule has 68 valence electrons. The van der Waals surface area contributed by atoms with Crippen molar-refractivity contribution in [3.8, 4) is 0 Å². The summed E-state index contributed by atoms with van der Waals surface area (Å²) >= 11 is 0. The summed E-state index contributed by atoms with van der Waals surface area (Å²) in [6.07, 6.45) is 2.24. The first-order valence-corrected chi connectivity index (χ1v) is 4.45. The monoisotopic (exact) mass is 160 g/mol. The summed E-state index contributed by atoms with van der Waals surface area (Å²) < 4.78 is 0. The Balaban J connectivity index is 4.26. The van der Waals surface area contributed by atoms with Crippen molar-refractivity contribution in [3.63, 3.8) is 0 Å². The van der Waals surface area contributed by atoms with Crippen LogP contribution in [0.15, 0.2) is 0 Å². The summed E-state index contributed by atoms with van der Waals surface area (Å²) in [5.74, 6) is 0. The second-order valence-electron chi connectivity index (χ2n) is 3.12. The van der Waals surface area contributed by atoms with E-state index in [9.17, 15) is 5.11 Å². The average molecular weight is 160 g/mol. The Hall–Kier alpha value is -0.0800. The molecule has 0 heterocycles. The van der Waals surface area contributed by atoms with Crippen molar-refractivity contribution >= 4 is 0 Å². The molecular weight excluding hydrogens is 140 g/mol. The van der Waals surface area contributed by atoms with E-state index in [1.54, 1.807) is 0 Å². The van der Waals surface area contributed by atoms with Crippen molar-refractivity contribution in [2.24, 2.45) is 5.41 Å². The minimum absolute atomic E-state index is 0.0608. The number of rotatable bonds is 5. The van der Waals surface area contributed by atoms with Crippen LogP contribution in [0, 0.1) is 5.41 Å². The van der Waals surface area contributed by atoms with Gasteiger partial charge in [0.2, 0.25) is 0 Å². The summed E-state index contributed by atoms with van der Waals surface area (Å²) in [5.41, 5.74) is -0.0608. The Kier molecular flexibility index (Phi) is 4.69. The lowest BCUT2D eigenvalue weighted by Gasteiger charge is -2.34. The van der Waals surface area contributed by atoms with Crippen LogP contribution in [0.2, 0.25) is 0 Å². The van der Waals surface area contributed by atoms with Crippen LogP contribution < -0.4 is 0 Å². The van der Waals surface area contributed by atoms with Crippen LogP contribution in [0.3, 0.4) is 0 Å². The minimum atomic E-state index is -0.553. The third-order valence-corrected chi connectivity index (χ3v) is 2.99. The van der Waals surface area contributed by atoms with Gasteiger partial charge in [-0.25, -0.2) is 0 Å². The van der Waals surface area contributed by atoms with E-state index < -0.39 is 6.10 Å². The molecule has 0 fully saturated rings. The van der Waals surface area contributed by atoms with Gasteiger partial charge in [-0.15, -0.1) is 0 Å². The molecule has 0 aliphatic rings. The third kappa shape index (κ3) is 2.17. The van der Waals surface area contributed by atoms with Gasteiger partial charge in [0.1, 0.15) is 0 Å². The van der Waals surface area contributed by atoms with Gasteiger partial charge in [-0.1, -0.05) is 20.8 Å². The van der Waals surface area contributed by atoms with E-state index in [-0.39, 0.29) is 12.0 Å². The second-order valence-corrected chi connectivity index (χ2v) is 3.12. The Morgan fingerprint density at radius 2 is 1.45 bits per heavy atom. The molecule has 0 radical (unpaired) electrons. The van der Waals surface area contributed by atoms with Gasteiger partial charge in [-0.05, 0) is 24.7 Å². The molecule has 0 aromatic rings. The fourth-order valence-corrected chi connectivity index (χ4v) is 1.65. The van der Waals surface area contributed by atoms with Gasteiger partial charge in [0.25, 0.3) is 0 Å². The van der Waals surface area contributed by atoms with Gasteiger partial charge in [-0.2, -0.15) is 0 Å². The maximum atomic E-state index is 9.52. The minimum Gasteiger partial charge on any atom is -0.394 e. The molecule has 2 N–H and O–H groups in total. The van der Waals surface area contributed by atoms with Crippen molar-refractivity contribution in [1.82, 2.24) is 0 Å². The van der Waals surface area contributed by atoms with E-state index in [4.69, 9.17) is 5.11 Å². The highest BCUT2D eigenvalue weighted by atomic mass is 16.3. The first-order valence-electron chi connectivity index (χ1n) is 4.45. The lowest BCUT2D eigenvalue weighted by molar-refractivity contribution is -0.0238. The summed E-state index contributed by atoms with van der Waals surface area (Å²) in [6, 6.07) is 0. The zero-order valence-corrected chi connectivity index (χ0v) is 7.80. The zero-order chi connectivity index (χ0) is 8.91. The largest absolute Gasteiger partial charge is 0.394 e. The molecule has 0 aliphatic heterocycles. The van der Waals surface area contributed by atoms with E-state index >= 15 is 0 Å². The fourth-order valence-electron chi connectivity index (χ4n) is 1.65. The quantitative estimate of drug-likeness (QED) is 0.640. The van der Waals surface area contributed by atoms with Gasteiger partial charge in [0.05, 0.1) is 12.7 Å². The van der Waals surface area contributed by atoms with E-state index in [0.717, 1.165) is 19.3 Å². The smallest absolute Gasteiger partial charge is 0.0826 e. The van der Waals surface area contributed by atoms with Gasteiger partial charge in [0.15, 0.2) is 0 Å². The molecule has 0 saturated carbocycles. The molecule has 1 unspecified atom stereocenters. The molecular formula is C9H20O2. The van der Waals surface area contributed by atoms with Crippen LogP contribution in [-0.2, 0) is 0 Å². The van der Waals surface area contributed by atoms with E-state index in [1.165, 1.54) is 0 Å². The van der Waals surface area contributed by atoms with Crippen molar-refractivity contribution < 1.29 is 10.2 Å². The van der Waals surface area contributed by atoms with Crippen LogP contribution in [0.1, 0.15) is 40.0 Å². The van der Waals surface area contributed by atoms with E-state index in [0.29, 0.717) is 0 Å². The molecule has 1 atom stereocenters. The Labute approximate surface area is 69.2 Å². The van der Waals surface area contributed by atoms with Crippen molar-refractivity contribution in [3.05, 3.63) is 0 Å². The molecule has 0 aliphatic carbocycles. The van der Waals surface area contributed by atoms with Gasteiger partial charge in [-0.3, -0.25) is 0 Å². The Morgan fingerprint density at radius 3 is 1.55 bits per heavy atom. The Morgan fingerprint density at radius 1 is 1.09 bits per heavy atom. The third-order valence-electron chi connectivity index (χ3n) is 2.99. The zero-order valence-electron chi connectivity index (χ0n) is 7.80. The maximum absolute atomic E-state index is 9.52. The van der Waals surface area contributed by atoms with Crippen molar-refractivity contribution in [1.29, 1.82) is 0 Å². The first-order chi connectivity index (χ1) is 5.16. The molecule has 0 aromatic carbocycles. The summed E-state index contributed by atoms with van der Waals surface area (Å²) in [7, 11) is 0. The molecule has 0 rings (SSSR count). The molecule has 2 heteroatoms. The standard InChI is InChI=1S/C9H20O2/c1-4-9(5-2,6-3)8(11)7-10/h8,10-11H,4-7H2,1-3H3. The molecule has 0 aromatic heterocycles. The number of aliphatic hydroxyl groups excluding tert-OH is 2. The van der Waals surface area contributed by atoms with E-state index in [1.807, 2.05) is 0 Å². The average Bonchev–Trinajstić information content (AvgIpc) is 2.08. The van der Waals surface area contributed by atoms with Crippen LogP contribution >= 0.6 is 0 Å². The predicted octanol–water partition coefficient (Wildman–Crippen LogP) is 1.56. The summed E-state index contributed by atoms with van der Waals surface area (Å²) in [4.78, 5) is 0. The van der Waals surface area contributed by atoms with Gasteiger partial charge < -0.3 is 10.2 Å². The molecule has 0 bridgehead atoms. The molecule has 11 heavy (non-hydrogen) atoms. The fraction of sp³-hybridized carbons (Fsp3) is 1.00. The highest BCUT2D eigenvalue weighted by molar-refractivity contribution is 4.82. The van der Waals surface area contributed by atoms with Crippen LogP contribution in [0.5, 0.6) is 0 Å². The maximum Gasteiger partial charge on any atom is 0.0826 e. The molecule has 0 spiro atoms. The number of aliphatic hydroxyl groups is 2. The summed E-state index contributed by atoms with van der Waals surface area (Å²) in [5, 5.41) is 18.3. The first kappa shape index (κ1) is 10.9. The van der Waals surface area contributed by atoms with Crippen molar-refractivity contribution in [2.45, 2.75) is 46.1 Å². The molecule has 0 amide bonds. The highest BCUT2D eigenvalue weighted by Crippen LogP contribution is 2.33. The predicted molar refractivity (Wildman–Crippen MR) is 46.4 cm³/mol. The highest BCUT2D eigenvalue weighted by Gasteiger charge is 2.31. The normalized spacial score (nSPS) is 15.0. The number of hydrogen-bond acceptors (Lipinski definition) is 2. The van der Waals surface area contributed by atoms with Crippen molar-refractivity contribution in [2.75, 3.05) is 6.61 Å². The van der Waals surface area contributed by atoms with Crippen LogP contribution in [-0.4, -0.2) is 22.9 Å². The number of hydrogen-bond donors (Lipinski definition) is 2. The summed E-state index contributed by atoms with van der Waals surface area (Å²) in [6.45, 7) is 6.07. The van der Waals surface area contributed by atoms with Gasteiger partial charge in [0, 0.05) is 0 Å². The lowest BCUT2D eigenvalue weighted by atomic mass is 9.75. The van der Waals surface area contributed by atoms with Crippen LogP contribution in [0.25, 0.3) is 0 Å². The topological polar surface area (TPSA) is 40.5 Å².